The standard InChI is InChI=1S/C15H23N3O/c1-3-12-11-18(10-8-13(12)16-4-2)15(19)14-7-5-6-9-17-14/h5-7,9,12-13,16H,3-4,8,10-11H2,1-2H3. The van der Waals surface area contributed by atoms with E-state index in [2.05, 4.69) is 24.1 Å². The van der Waals surface area contributed by atoms with E-state index >= 15 is 0 Å². The lowest BCUT2D eigenvalue weighted by atomic mass is 9.89. The molecular formula is C15H23N3O. The van der Waals surface area contributed by atoms with E-state index in [0.717, 1.165) is 32.5 Å². The molecule has 2 heterocycles. The Kier molecular flexibility index (Phi) is 4.91. The topological polar surface area (TPSA) is 45.2 Å². The molecule has 2 rings (SSSR count). The van der Waals surface area contributed by atoms with Gasteiger partial charge in [0, 0.05) is 25.3 Å². The number of amides is 1. The Morgan fingerprint density at radius 1 is 1.47 bits per heavy atom. The van der Waals surface area contributed by atoms with Crippen molar-refractivity contribution in [1.82, 2.24) is 15.2 Å². The van der Waals surface area contributed by atoms with E-state index in [4.69, 9.17) is 0 Å². The second-order valence-corrected chi connectivity index (χ2v) is 5.09. The molecule has 1 saturated heterocycles. The Bertz CT molecular complexity index is 407. The third kappa shape index (κ3) is 3.32. The molecule has 1 N–H and O–H groups in total. The Balaban J connectivity index is 2.02. The van der Waals surface area contributed by atoms with Crippen LogP contribution in [0.1, 0.15) is 37.2 Å². The van der Waals surface area contributed by atoms with Crippen LogP contribution in [0.2, 0.25) is 0 Å². The summed E-state index contributed by atoms with van der Waals surface area (Å²) in [6, 6.07) is 6.04. The van der Waals surface area contributed by atoms with E-state index in [1.54, 1.807) is 12.3 Å². The minimum atomic E-state index is 0.0639. The molecule has 4 nitrogen and oxygen atoms in total. The molecule has 4 heteroatoms. The van der Waals surface area contributed by atoms with Crippen LogP contribution in [0.4, 0.5) is 0 Å². The molecular weight excluding hydrogens is 238 g/mol. The summed E-state index contributed by atoms with van der Waals surface area (Å²) in [4.78, 5) is 18.5. The first kappa shape index (κ1) is 14.0. The minimum absolute atomic E-state index is 0.0639. The van der Waals surface area contributed by atoms with Crippen LogP contribution in [0.15, 0.2) is 24.4 Å². The van der Waals surface area contributed by atoms with Crippen molar-refractivity contribution >= 4 is 5.91 Å². The van der Waals surface area contributed by atoms with E-state index in [1.165, 1.54) is 0 Å². The maximum Gasteiger partial charge on any atom is 0.272 e. The quantitative estimate of drug-likeness (QED) is 0.901. The van der Waals surface area contributed by atoms with Gasteiger partial charge in [-0.2, -0.15) is 0 Å². The number of hydrogen-bond acceptors (Lipinski definition) is 3. The first-order valence-electron chi connectivity index (χ1n) is 7.20. The highest BCUT2D eigenvalue weighted by molar-refractivity contribution is 5.92. The second-order valence-electron chi connectivity index (χ2n) is 5.09. The Labute approximate surface area is 115 Å². The van der Waals surface area contributed by atoms with Gasteiger partial charge in [0.2, 0.25) is 0 Å². The molecule has 1 fully saturated rings. The highest BCUT2D eigenvalue weighted by atomic mass is 16.2. The van der Waals surface area contributed by atoms with Gasteiger partial charge < -0.3 is 10.2 Å². The van der Waals surface area contributed by atoms with Gasteiger partial charge in [0.05, 0.1) is 0 Å². The molecule has 0 bridgehead atoms. The molecule has 0 radical (unpaired) electrons. The molecule has 1 aromatic heterocycles. The molecule has 0 aliphatic carbocycles. The summed E-state index contributed by atoms with van der Waals surface area (Å²) in [5.74, 6) is 0.607. The van der Waals surface area contributed by atoms with Crippen molar-refractivity contribution < 1.29 is 4.79 Å². The van der Waals surface area contributed by atoms with Gasteiger partial charge in [0.15, 0.2) is 0 Å². The van der Waals surface area contributed by atoms with Crippen LogP contribution >= 0.6 is 0 Å². The van der Waals surface area contributed by atoms with Crippen molar-refractivity contribution in [2.24, 2.45) is 5.92 Å². The molecule has 0 saturated carbocycles. The molecule has 104 valence electrons. The van der Waals surface area contributed by atoms with Gasteiger partial charge in [-0.25, -0.2) is 0 Å². The summed E-state index contributed by atoms with van der Waals surface area (Å²) < 4.78 is 0. The molecule has 0 spiro atoms. The summed E-state index contributed by atoms with van der Waals surface area (Å²) >= 11 is 0. The van der Waals surface area contributed by atoms with E-state index < -0.39 is 0 Å². The lowest BCUT2D eigenvalue weighted by Crippen LogP contribution is -2.51. The number of pyridine rings is 1. The zero-order valence-electron chi connectivity index (χ0n) is 11.8. The molecule has 1 aliphatic heterocycles. The van der Waals surface area contributed by atoms with Crippen molar-refractivity contribution in [3.8, 4) is 0 Å². The molecule has 1 aromatic rings. The van der Waals surface area contributed by atoms with Crippen LogP contribution < -0.4 is 5.32 Å². The number of aromatic nitrogens is 1. The Hall–Kier alpha value is -1.42. The lowest BCUT2D eigenvalue weighted by molar-refractivity contribution is 0.0622. The Morgan fingerprint density at radius 2 is 2.32 bits per heavy atom. The minimum Gasteiger partial charge on any atom is -0.337 e. The maximum atomic E-state index is 12.4. The largest absolute Gasteiger partial charge is 0.337 e. The molecule has 2 atom stereocenters. The van der Waals surface area contributed by atoms with Crippen molar-refractivity contribution in [3.05, 3.63) is 30.1 Å². The molecule has 19 heavy (non-hydrogen) atoms. The number of hydrogen-bond donors (Lipinski definition) is 1. The third-order valence-corrected chi connectivity index (χ3v) is 3.90. The number of carbonyl (C=O) groups is 1. The van der Waals surface area contributed by atoms with Crippen molar-refractivity contribution in [2.75, 3.05) is 19.6 Å². The predicted octanol–water partition coefficient (Wildman–Crippen LogP) is 1.93. The first-order chi connectivity index (χ1) is 9.26. The van der Waals surface area contributed by atoms with Gasteiger partial charge in [-0.15, -0.1) is 0 Å². The molecule has 1 aliphatic rings. The second kappa shape index (κ2) is 6.66. The lowest BCUT2D eigenvalue weighted by Gasteiger charge is -2.38. The predicted molar refractivity (Wildman–Crippen MR) is 76.0 cm³/mol. The van der Waals surface area contributed by atoms with E-state index in [1.807, 2.05) is 17.0 Å². The van der Waals surface area contributed by atoms with E-state index in [-0.39, 0.29) is 5.91 Å². The van der Waals surface area contributed by atoms with Crippen LogP contribution in [0.25, 0.3) is 0 Å². The average molecular weight is 261 g/mol. The highest BCUT2D eigenvalue weighted by Gasteiger charge is 2.30. The number of likely N-dealkylation sites (tertiary alicyclic amines) is 1. The van der Waals surface area contributed by atoms with Crippen molar-refractivity contribution in [2.45, 2.75) is 32.7 Å². The number of nitrogens with one attached hydrogen (secondary N) is 1. The van der Waals surface area contributed by atoms with Gasteiger partial charge in [0.1, 0.15) is 5.69 Å². The van der Waals surface area contributed by atoms with Gasteiger partial charge in [-0.3, -0.25) is 9.78 Å². The summed E-state index contributed by atoms with van der Waals surface area (Å²) in [7, 11) is 0. The van der Waals surface area contributed by atoms with Gasteiger partial charge >= 0.3 is 0 Å². The normalized spacial score (nSPS) is 23.4. The van der Waals surface area contributed by atoms with E-state index in [0.29, 0.717) is 17.7 Å². The fraction of sp³-hybridized carbons (Fsp3) is 0.600. The number of carbonyl (C=O) groups excluding carboxylic acids is 1. The van der Waals surface area contributed by atoms with Crippen molar-refractivity contribution in [1.29, 1.82) is 0 Å². The third-order valence-electron chi connectivity index (χ3n) is 3.90. The zero-order valence-corrected chi connectivity index (χ0v) is 11.8. The number of piperidine rings is 1. The van der Waals surface area contributed by atoms with Crippen LogP contribution in [0.5, 0.6) is 0 Å². The smallest absolute Gasteiger partial charge is 0.272 e. The monoisotopic (exact) mass is 261 g/mol. The summed E-state index contributed by atoms with van der Waals surface area (Å²) in [6.45, 7) is 6.99. The summed E-state index contributed by atoms with van der Waals surface area (Å²) in [5.41, 5.74) is 0.555. The summed E-state index contributed by atoms with van der Waals surface area (Å²) in [6.07, 6.45) is 3.81. The number of nitrogens with zero attached hydrogens (tertiary/aromatic N) is 2. The molecule has 2 unspecified atom stereocenters. The molecule has 1 amide bonds. The maximum absolute atomic E-state index is 12.4. The van der Waals surface area contributed by atoms with Gasteiger partial charge in [-0.05, 0) is 31.0 Å². The average Bonchev–Trinajstić information content (AvgIpc) is 2.48. The van der Waals surface area contributed by atoms with Crippen LogP contribution in [0, 0.1) is 5.92 Å². The van der Waals surface area contributed by atoms with Crippen molar-refractivity contribution in [3.63, 3.8) is 0 Å². The van der Waals surface area contributed by atoms with Crippen LogP contribution in [-0.4, -0.2) is 41.5 Å². The zero-order chi connectivity index (χ0) is 13.7. The SMILES string of the molecule is CCNC1CCN(C(=O)c2ccccn2)CC1CC. The van der Waals surface area contributed by atoms with E-state index in [9.17, 15) is 4.79 Å². The fourth-order valence-electron chi connectivity index (χ4n) is 2.81. The fourth-order valence-corrected chi connectivity index (χ4v) is 2.81. The van der Waals surface area contributed by atoms with Crippen LogP contribution in [-0.2, 0) is 0 Å². The first-order valence-corrected chi connectivity index (χ1v) is 7.20. The Morgan fingerprint density at radius 3 is 2.95 bits per heavy atom. The highest BCUT2D eigenvalue weighted by Crippen LogP contribution is 2.21. The van der Waals surface area contributed by atoms with Gasteiger partial charge in [-0.1, -0.05) is 26.3 Å². The molecule has 0 aromatic carbocycles. The number of rotatable bonds is 4. The summed E-state index contributed by atoms with van der Waals surface area (Å²) in [5, 5.41) is 3.53. The van der Waals surface area contributed by atoms with Crippen LogP contribution in [0.3, 0.4) is 0 Å². The van der Waals surface area contributed by atoms with Gasteiger partial charge in [0.25, 0.3) is 5.91 Å².